The van der Waals surface area contributed by atoms with Gasteiger partial charge < -0.3 is 9.64 Å². The molecular weight excluding hydrogens is 211 g/mol. The number of carbonyl (C=O) groups excluding carboxylic acids is 1. The highest BCUT2D eigenvalue weighted by atomic mass is 19.4. The number of methoxy groups -OCH3 is 1. The van der Waals surface area contributed by atoms with Gasteiger partial charge in [-0.2, -0.15) is 13.2 Å². The molecule has 1 heterocycles. The lowest BCUT2D eigenvalue weighted by Gasteiger charge is -2.33. The van der Waals surface area contributed by atoms with Gasteiger partial charge in [-0.25, -0.2) is 0 Å². The summed E-state index contributed by atoms with van der Waals surface area (Å²) in [5, 5.41) is 0. The quantitative estimate of drug-likeness (QED) is 0.711. The van der Waals surface area contributed by atoms with Gasteiger partial charge in [0.15, 0.2) is 0 Å². The Hall–Kier alpha value is -0.780. The van der Waals surface area contributed by atoms with Gasteiger partial charge >= 0.3 is 6.18 Å². The van der Waals surface area contributed by atoms with Crippen molar-refractivity contribution >= 4 is 5.91 Å². The Kier molecular flexibility index (Phi) is 3.96. The van der Waals surface area contributed by atoms with Crippen molar-refractivity contribution in [2.45, 2.75) is 19.0 Å². The van der Waals surface area contributed by atoms with Crippen LogP contribution in [0.3, 0.4) is 0 Å². The molecule has 1 unspecified atom stereocenters. The van der Waals surface area contributed by atoms with Crippen LogP contribution < -0.4 is 0 Å². The van der Waals surface area contributed by atoms with Crippen LogP contribution in [0.5, 0.6) is 0 Å². The molecule has 0 aromatic carbocycles. The molecule has 1 atom stereocenters. The first-order valence-corrected chi connectivity index (χ1v) is 4.78. The van der Waals surface area contributed by atoms with Crippen LogP contribution in [0.4, 0.5) is 13.2 Å². The second-order valence-corrected chi connectivity index (χ2v) is 3.65. The van der Waals surface area contributed by atoms with Crippen LogP contribution in [0.1, 0.15) is 12.8 Å². The van der Waals surface area contributed by atoms with Crippen LogP contribution in [-0.4, -0.2) is 43.8 Å². The highest BCUT2D eigenvalue weighted by Gasteiger charge is 2.42. The minimum Gasteiger partial charge on any atom is -0.375 e. The number of hydrogen-bond acceptors (Lipinski definition) is 2. The molecule has 1 aliphatic rings. The third kappa shape index (κ3) is 3.37. The van der Waals surface area contributed by atoms with Crippen LogP contribution >= 0.6 is 0 Å². The minimum absolute atomic E-state index is 0.111. The first-order chi connectivity index (χ1) is 6.95. The van der Waals surface area contributed by atoms with Crippen molar-refractivity contribution in [3.8, 4) is 0 Å². The molecular formula is C9H14F3NO2. The summed E-state index contributed by atoms with van der Waals surface area (Å²) in [5.41, 5.74) is 0. The van der Waals surface area contributed by atoms with Crippen molar-refractivity contribution in [1.82, 2.24) is 4.90 Å². The van der Waals surface area contributed by atoms with E-state index in [-0.39, 0.29) is 25.5 Å². The van der Waals surface area contributed by atoms with E-state index in [1.54, 1.807) is 0 Å². The van der Waals surface area contributed by atoms with Gasteiger partial charge in [0.2, 0.25) is 5.91 Å². The Labute approximate surface area is 86.2 Å². The number of ether oxygens (including phenoxy) is 1. The number of nitrogens with zero attached hydrogens (tertiary/aromatic N) is 1. The Balaban J connectivity index is 2.52. The normalized spacial score (nSPS) is 22.9. The van der Waals surface area contributed by atoms with Crippen LogP contribution in [0.15, 0.2) is 0 Å². The molecule has 0 saturated carbocycles. The van der Waals surface area contributed by atoms with Gasteiger partial charge in [0.1, 0.15) is 6.61 Å². The van der Waals surface area contributed by atoms with Gasteiger partial charge in [0.05, 0.1) is 5.92 Å². The minimum atomic E-state index is -4.20. The molecule has 0 aromatic heterocycles. The second kappa shape index (κ2) is 4.83. The molecule has 15 heavy (non-hydrogen) atoms. The van der Waals surface area contributed by atoms with Crippen LogP contribution in [0, 0.1) is 5.92 Å². The first-order valence-electron chi connectivity index (χ1n) is 4.78. The van der Waals surface area contributed by atoms with Crippen molar-refractivity contribution in [3.05, 3.63) is 0 Å². The number of amides is 1. The van der Waals surface area contributed by atoms with Crippen molar-refractivity contribution in [1.29, 1.82) is 0 Å². The van der Waals surface area contributed by atoms with Crippen LogP contribution in [0.2, 0.25) is 0 Å². The summed E-state index contributed by atoms with van der Waals surface area (Å²) in [5.74, 6) is -1.75. The summed E-state index contributed by atoms with van der Waals surface area (Å²) in [6.07, 6.45) is -3.69. The maximum atomic E-state index is 12.4. The third-order valence-electron chi connectivity index (χ3n) is 2.50. The van der Waals surface area contributed by atoms with Crippen molar-refractivity contribution in [2.24, 2.45) is 5.92 Å². The van der Waals surface area contributed by atoms with Gasteiger partial charge in [-0.1, -0.05) is 0 Å². The summed E-state index contributed by atoms with van der Waals surface area (Å²) in [4.78, 5) is 12.5. The van der Waals surface area contributed by atoms with Crippen LogP contribution in [0.25, 0.3) is 0 Å². The molecule has 0 N–H and O–H groups in total. The average Bonchev–Trinajstić information content (AvgIpc) is 2.17. The lowest BCUT2D eigenvalue weighted by molar-refractivity contribution is -0.188. The number of halogens is 3. The summed E-state index contributed by atoms with van der Waals surface area (Å²) < 4.78 is 41.8. The SMILES string of the molecule is COCC(=O)N1CCCC(C(F)(F)F)C1. The molecule has 0 bridgehead atoms. The fraction of sp³-hybridized carbons (Fsp3) is 0.889. The zero-order valence-corrected chi connectivity index (χ0v) is 8.51. The van der Waals surface area contributed by atoms with Crippen LogP contribution in [-0.2, 0) is 9.53 Å². The predicted octanol–water partition coefficient (Wildman–Crippen LogP) is 1.43. The Bertz CT molecular complexity index is 230. The van der Waals surface area contributed by atoms with Gasteiger partial charge in [-0.3, -0.25) is 4.79 Å². The van der Waals surface area contributed by atoms with Gasteiger partial charge in [0, 0.05) is 20.2 Å². The standard InChI is InChI=1S/C9H14F3NO2/c1-15-6-8(14)13-4-2-3-7(5-13)9(10,11)12/h7H,2-6H2,1H3. The number of alkyl halides is 3. The summed E-state index contributed by atoms with van der Waals surface area (Å²) >= 11 is 0. The van der Waals surface area contributed by atoms with E-state index in [1.165, 1.54) is 12.0 Å². The topological polar surface area (TPSA) is 29.5 Å². The molecule has 1 saturated heterocycles. The highest BCUT2D eigenvalue weighted by Crippen LogP contribution is 2.32. The molecule has 0 aliphatic carbocycles. The van der Waals surface area contributed by atoms with E-state index in [0.717, 1.165) is 0 Å². The summed E-state index contributed by atoms with van der Waals surface area (Å²) in [6.45, 7) is 0.0189. The summed E-state index contributed by atoms with van der Waals surface area (Å²) in [7, 11) is 1.35. The van der Waals surface area contributed by atoms with Gasteiger partial charge in [-0.05, 0) is 12.8 Å². The maximum absolute atomic E-state index is 12.4. The fourth-order valence-electron chi connectivity index (χ4n) is 1.69. The molecule has 1 aliphatic heterocycles. The Morgan fingerprint density at radius 2 is 2.20 bits per heavy atom. The zero-order valence-electron chi connectivity index (χ0n) is 8.51. The van der Waals surface area contributed by atoms with E-state index in [1.807, 2.05) is 0 Å². The Morgan fingerprint density at radius 1 is 1.53 bits per heavy atom. The van der Waals surface area contributed by atoms with Crippen molar-refractivity contribution in [2.75, 3.05) is 26.8 Å². The molecule has 1 amide bonds. The van der Waals surface area contributed by atoms with Crippen molar-refractivity contribution < 1.29 is 22.7 Å². The maximum Gasteiger partial charge on any atom is 0.393 e. The molecule has 88 valence electrons. The van der Waals surface area contributed by atoms with E-state index >= 15 is 0 Å². The van der Waals surface area contributed by atoms with Crippen molar-refractivity contribution in [3.63, 3.8) is 0 Å². The molecule has 1 rings (SSSR count). The monoisotopic (exact) mass is 225 g/mol. The highest BCUT2D eigenvalue weighted by molar-refractivity contribution is 5.77. The molecule has 0 spiro atoms. The van der Waals surface area contributed by atoms with Gasteiger partial charge in [-0.15, -0.1) is 0 Å². The van der Waals surface area contributed by atoms with E-state index in [9.17, 15) is 18.0 Å². The number of hydrogen-bond donors (Lipinski definition) is 0. The number of carbonyl (C=O) groups is 1. The fourth-order valence-corrected chi connectivity index (χ4v) is 1.69. The number of likely N-dealkylation sites (tertiary alicyclic amines) is 1. The largest absolute Gasteiger partial charge is 0.393 e. The predicted molar refractivity (Wildman–Crippen MR) is 47.2 cm³/mol. The molecule has 1 fully saturated rings. The smallest absolute Gasteiger partial charge is 0.375 e. The third-order valence-corrected chi connectivity index (χ3v) is 2.50. The number of rotatable bonds is 2. The summed E-state index contributed by atoms with van der Waals surface area (Å²) in [6, 6.07) is 0. The van der Waals surface area contributed by atoms with E-state index < -0.39 is 12.1 Å². The second-order valence-electron chi connectivity index (χ2n) is 3.65. The molecule has 6 heteroatoms. The van der Waals surface area contributed by atoms with E-state index in [4.69, 9.17) is 0 Å². The average molecular weight is 225 g/mol. The lowest BCUT2D eigenvalue weighted by atomic mass is 9.97. The number of piperidine rings is 1. The van der Waals surface area contributed by atoms with E-state index in [0.29, 0.717) is 13.0 Å². The van der Waals surface area contributed by atoms with Gasteiger partial charge in [0.25, 0.3) is 0 Å². The zero-order chi connectivity index (χ0) is 11.5. The molecule has 0 aromatic rings. The Morgan fingerprint density at radius 3 is 2.73 bits per heavy atom. The first kappa shape index (κ1) is 12.3. The van der Waals surface area contributed by atoms with E-state index in [2.05, 4.69) is 4.74 Å². The molecule has 3 nitrogen and oxygen atoms in total. The lowest BCUT2D eigenvalue weighted by Crippen LogP contribution is -2.45. The molecule has 0 radical (unpaired) electrons.